The van der Waals surface area contributed by atoms with Crippen LogP contribution in [-0.2, 0) is 0 Å². The molecule has 1 aromatic carbocycles. The molecule has 0 aromatic heterocycles. The third kappa shape index (κ3) is 4.97. The average molecular weight is 355 g/mol. The van der Waals surface area contributed by atoms with Crippen LogP contribution in [0.3, 0.4) is 0 Å². The quantitative estimate of drug-likeness (QED) is 0.812. The van der Waals surface area contributed by atoms with E-state index in [1.807, 2.05) is 12.1 Å². The van der Waals surface area contributed by atoms with Gasteiger partial charge in [-0.25, -0.2) is 0 Å². The Morgan fingerprint density at radius 3 is 2.76 bits per heavy atom. The minimum absolute atomic E-state index is 0.230. The number of phenolic OH excluding ortho intramolecular Hbond substituents is 1. The second kappa shape index (κ2) is 8.16. The first kappa shape index (κ1) is 16.8. The summed E-state index contributed by atoms with van der Waals surface area (Å²) >= 11 is 3.49. The van der Waals surface area contributed by atoms with Gasteiger partial charge in [0.25, 0.3) is 0 Å². The number of nitrogens with one attached hydrogen (secondary N) is 1. The second-order valence-corrected chi connectivity index (χ2v) is 7.07. The van der Waals surface area contributed by atoms with Crippen LogP contribution < -0.4 is 5.32 Å². The zero-order chi connectivity index (χ0) is 15.2. The number of phenols is 1. The van der Waals surface area contributed by atoms with Crippen molar-refractivity contribution in [2.75, 3.05) is 26.7 Å². The molecule has 21 heavy (non-hydrogen) atoms. The van der Waals surface area contributed by atoms with Gasteiger partial charge >= 0.3 is 0 Å². The molecule has 0 aliphatic carbocycles. The van der Waals surface area contributed by atoms with Gasteiger partial charge in [0.1, 0.15) is 5.75 Å². The molecule has 0 amide bonds. The smallest absolute Gasteiger partial charge is 0.120 e. The lowest BCUT2D eigenvalue weighted by atomic mass is 9.93. The normalized spacial score (nSPS) is 18.8. The Hall–Kier alpha value is -0.580. The van der Waals surface area contributed by atoms with Gasteiger partial charge in [-0.2, -0.15) is 0 Å². The monoisotopic (exact) mass is 354 g/mol. The third-order valence-corrected chi connectivity index (χ3v) is 5.05. The zero-order valence-corrected chi connectivity index (χ0v) is 14.7. The topological polar surface area (TPSA) is 35.5 Å². The van der Waals surface area contributed by atoms with E-state index >= 15 is 0 Å². The van der Waals surface area contributed by atoms with Crippen LogP contribution in [0.1, 0.15) is 44.2 Å². The molecule has 1 aromatic rings. The maximum Gasteiger partial charge on any atom is 0.120 e. The van der Waals surface area contributed by atoms with Crippen molar-refractivity contribution in [2.24, 2.45) is 5.92 Å². The minimum atomic E-state index is 0.230. The van der Waals surface area contributed by atoms with E-state index in [1.54, 1.807) is 6.07 Å². The van der Waals surface area contributed by atoms with Gasteiger partial charge in [-0.3, -0.25) is 0 Å². The van der Waals surface area contributed by atoms with Crippen molar-refractivity contribution in [1.29, 1.82) is 0 Å². The minimum Gasteiger partial charge on any atom is -0.508 e. The lowest BCUT2D eigenvalue weighted by Crippen LogP contribution is -2.32. The summed E-state index contributed by atoms with van der Waals surface area (Å²) in [5.41, 5.74) is 0.996. The first-order valence-electron chi connectivity index (χ1n) is 8.00. The molecule has 1 fully saturated rings. The van der Waals surface area contributed by atoms with Crippen LogP contribution >= 0.6 is 15.9 Å². The summed E-state index contributed by atoms with van der Waals surface area (Å²) in [6.07, 6.45) is 4.85. The molecule has 1 heterocycles. The van der Waals surface area contributed by atoms with Crippen LogP contribution in [0, 0.1) is 5.92 Å². The van der Waals surface area contributed by atoms with Crippen LogP contribution in [0.5, 0.6) is 5.75 Å². The molecule has 0 radical (unpaired) electrons. The number of halogens is 1. The van der Waals surface area contributed by atoms with E-state index in [1.165, 1.54) is 32.4 Å². The van der Waals surface area contributed by atoms with E-state index in [0.717, 1.165) is 28.9 Å². The Kier molecular flexibility index (Phi) is 6.52. The number of piperidine rings is 1. The largest absolute Gasteiger partial charge is 0.508 e. The van der Waals surface area contributed by atoms with Crippen molar-refractivity contribution in [3.05, 3.63) is 28.2 Å². The summed E-state index contributed by atoms with van der Waals surface area (Å²) in [7, 11) is 2.21. The maximum atomic E-state index is 10.0. The fraction of sp³-hybridized carbons (Fsp3) is 0.647. The Balaban J connectivity index is 1.84. The van der Waals surface area contributed by atoms with Crippen LogP contribution in [0.15, 0.2) is 22.7 Å². The highest BCUT2D eigenvalue weighted by Crippen LogP contribution is 2.29. The van der Waals surface area contributed by atoms with E-state index in [9.17, 15) is 5.11 Å². The lowest BCUT2D eigenvalue weighted by molar-refractivity contribution is 0.210. The summed E-state index contributed by atoms with van der Waals surface area (Å²) in [4.78, 5) is 2.41. The molecule has 1 saturated heterocycles. The molecule has 0 saturated carbocycles. The molecule has 4 heteroatoms. The van der Waals surface area contributed by atoms with Crippen molar-refractivity contribution in [2.45, 2.75) is 38.6 Å². The molecule has 2 rings (SSSR count). The number of nitrogens with zero attached hydrogens (tertiary/aromatic N) is 1. The fourth-order valence-corrected chi connectivity index (χ4v) is 3.47. The van der Waals surface area contributed by atoms with Crippen molar-refractivity contribution in [3.8, 4) is 5.75 Å². The van der Waals surface area contributed by atoms with E-state index in [2.05, 4.69) is 40.1 Å². The van der Waals surface area contributed by atoms with Gasteiger partial charge in [-0.15, -0.1) is 0 Å². The van der Waals surface area contributed by atoms with Gasteiger partial charge in [0, 0.05) is 16.1 Å². The van der Waals surface area contributed by atoms with Gasteiger partial charge < -0.3 is 15.3 Å². The van der Waals surface area contributed by atoms with Crippen molar-refractivity contribution < 1.29 is 5.11 Å². The number of likely N-dealkylation sites (tertiary alicyclic amines) is 1. The van der Waals surface area contributed by atoms with Crippen LogP contribution in [0.2, 0.25) is 0 Å². The summed E-state index contributed by atoms with van der Waals surface area (Å²) in [6, 6.07) is 5.89. The van der Waals surface area contributed by atoms with Gasteiger partial charge in [0.05, 0.1) is 0 Å². The van der Waals surface area contributed by atoms with E-state index in [-0.39, 0.29) is 6.04 Å². The van der Waals surface area contributed by atoms with Crippen LogP contribution in [-0.4, -0.2) is 36.7 Å². The molecule has 118 valence electrons. The molecular formula is C17H27BrN2O. The first-order valence-corrected chi connectivity index (χ1v) is 8.79. The number of hydrogen-bond acceptors (Lipinski definition) is 3. The maximum absolute atomic E-state index is 10.0. The number of aromatic hydroxyl groups is 1. The highest BCUT2D eigenvalue weighted by atomic mass is 79.9. The highest BCUT2D eigenvalue weighted by molar-refractivity contribution is 9.10. The molecule has 2 N–H and O–H groups in total. The Morgan fingerprint density at radius 1 is 1.38 bits per heavy atom. The van der Waals surface area contributed by atoms with Crippen LogP contribution in [0.4, 0.5) is 0 Å². The molecule has 1 atom stereocenters. The second-order valence-electron chi connectivity index (χ2n) is 6.15. The molecule has 0 bridgehead atoms. The van der Waals surface area contributed by atoms with Crippen LogP contribution in [0.25, 0.3) is 0 Å². The molecule has 1 aliphatic heterocycles. The van der Waals surface area contributed by atoms with Crippen molar-refractivity contribution >= 4 is 15.9 Å². The predicted molar refractivity (Wildman–Crippen MR) is 91.7 cm³/mol. The number of benzene rings is 1. The van der Waals surface area contributed by atoms with E-state index in [0.29, 0.717) is 5.75 Å². The molecule has 3 nitrogen and oxygen atoms in total. The van der Waals surface area contributed by atoms with Gasteiger partial charge in [0.15, 0.2) is 0 Å². The Labute approximate surface area is 136 Å². The highest BCUT2D eigenvalue weighted by Gasteiger charge is 2.18. The van der Waals surface area contributed by atoms with E-state index < -0.39 is 0 Å². The number of hydrogen-bond donors (Lipinski definition) is 2. The Morgan fingerprint density at radius 2 is 2.10 bits per heavy atom. The summed E-state index contributed by atoms with van der Waals surface area (Å²) < 4.78 is 1.02. The fourth-order valence-electron chi connectivity index (χ4n) is 3.09. The van der Waals surface area contributed by atoms with Crippen molar-refractivity contribution in [3.63, 3.8) is 0 Å². The lowest BCUT2D eigenvalue weighted by Gasteiger charge is -2.29. The SMILES string of the molecule is CCC(NCCC1CCN(C)CC1)c1cc(Br)ccc1O. The zero-order valence-electron chi connectivity index (χ0n) is 13.1. The van der Waals surface area contributed by atoms with Gasteiger partial charge in [0.2, 0.25) is 0 Å². The Bertz CT molecular complexity index is 444. The molecular weight excluding hydrogens is 328 g/mol. The summed E-state index contributed by atoms with van der Waals surface area (Å²) in [5.74, 6) is 1.24. The number of rotatable bonds is 6. The molecule has 0 spiro atoms. The first-order chi connectivity index (χ1) is 10.1. The van der Waals surface area contributed by atoms with Gasteiger partial charge in [-0.1, -0.05) is 22.9 Å². The average Bonchev–Trinajstić information content (AvgIpc) is 2.48. The summed E-state index contributed by atoms with van der Waals surface area (Å²) in [6.45, 7) is 5.65. The standard InChI is InChI=1S/C17H27BrN2O/c1-3-16(15-12-14(18)4-5-17(15)21)19-9-6-13-7-10-20(2)11-8-13/h4-5,12-13,16,19,21H,3,6-11H2,1-2H3. The molecule has 1 unspecified atom stereocenters. The predicted octanol–water partition coefficient (Wildman–Crippen LogP) is 3.93. The van der Waals surface area contributed by atoms with Gasteiger partial charge in [-0.05, 0) is 76.5 Å². The van der Waals surface area contributed by atoms with Crippen molar-refractivity contribution in [1.82, 2.24) is 10.2 Å². The molecule has 1 aliphatic rings. The van der Waals surface area contributed by atoms with E-state index in [4.69, 9.17) is 0 Å². The third-order valence-electron chi connectivity index (χ3n) is 4.55. The summed E-state index contributed by atoms with van der Waals surface area (Å²) in [5, 5.41) is 13.7.